The van der Waals surface area contributed by atoms with E-state index in [2.05, 4.69) is 38.1 Å². The molecule has 178 valence electrons. The van der Waals surface area contributed by atoms with Gasteiger partial charge in [0, 0.05) is 23.7 Å². The highest BCUT2D eigenvalue weighted by atomic mass is 16.6. The summed E-state index contributed by atoms with van der Waals surface area (Å²) in [5, 5.41) is 0. The van der Waals surface area contributed by atoms with E-state index in [0.29, 0.717) is 45.3 Å². The van der Waals surface area contributed by atoms with E-state index in [9.17, 15) is 4.79 Å². The summed E-state index contributed by atoms with van der Waals surface area (Å²) in [4.78, 5) is 13.0. The molecule has 0 amide bonds. The molecule has 1 fully saturated rings. The van der Waals surface area contributed by atoms with Crippen LogP contribution in [0.25, 0.3) is 11.3 Å². The largest absolute Gasteiger partial charge is 0.490 e. The number of nitrogens with zero attached hydrogens (tertiary/aromatic N) is 1. The molecule has 2 aliphatic heterocycles. The SMILES string of the molecule is CC(C)c1c(OC[C@@H]2COCCO2)cc(=O)n2c1-c1ccc(OCc3ccccc3)cc1CC2. The maximum Gasteiger partial charge on any atom is 0.254 e. The zero-order valence-corrected chi connectivity index (χ0v) is 19.8. The van der Waals surface area contributed by atoms with Gasteiger partial charge in [0.1, 0.15) is 30.8 Å². The number of rotatable bonds is 7. The lowest BCUT2D eigenvalue weighted by Crippen LogP contribution is -2.34. The van der Waals surface area contributed by atoms with Gasteiger partial charge in [-0.05, 0) is 41.7 Å². The smallest absolute Gasteiger partial charge is 0.254 e. The van der Waals surface area contributed by atoms with Gasteiger partial charge in [0.2, 0.25) is 0 Å². The molecule has 1 aromatic heterocycles. The number of pyridine rings is 1. The third-order valence-corrected chi connectivity index (χ3v) is 6.38. The second kappa shape index (κ2) is 10.0. The molecule has 1 saturated heterocycles. The molecule has 0 radical (unpaired) electrons. The molecule has 3 aromatic rings. The van der Waals surface area contributed by atoms with E-state index in [0.717, 1.165) is 34.6 Å². The Balaban J connectivity index is 1.45. The van der Waals surface area contributed by atoms with Crippen molar-refractivity contribution in [3.05, 3.63) is 81.6 Å². The average Bonchev–Trinajstić information content (AvgIpc) is 2.87. The average molecular weight is 462 g/mol. The fourth-order valence-electron chi connectivity index (χ4n) is 4.72. The first-order valence-corrected chi connectivity index (χ1v) is 12.0. The Morgan fingerprint density at radius 2 is 1.91 bits per heavy atom. The van der Waals surface area contributed by atoms with E-state index in [1.54, 1.807) is 6.07 Å². The second-order valence-corrected chi connectivity index (χ2v) is 9.14. The van der Waals surface area contributed by atoms with Crippen molar-refractivity contribution in [2.24, 2.45) is 0 Å². The molecule has 0 N–H and O–H groups in total. The molecule has 6 nitrogen and oxygen atoms in total. The fourth-order valence-corrected chi connectivity index (χ4v) is 4.72. The zero-order chi connectivity index (χ0) is 23.5. The molecule has 2 aliphatic rings. The molecule has 34 heavy (non-hydrogen) atoms. The van der Waals surface area contributed by atoms with Crippen molar-refractivity contribution in [1.29, 1.82) is 0 Å². The Hall–Kier alpha value is -3.09. The van der Waals surface area contributed by atoms with Crippen LogP contribution >= 0.6 is 0 Å². The Kier molecular flexibility index (Phi) is 6.70. The molecule has 1 atom stereocenters. The summed E-state index contributed by atoms with van der Waals surface area (Å²) in [5.74, 6) is 1.66. The lowest BCUT2D eigenvalue weighted by atomic mass is 9.89. The predicted octanol–water partition coefficient (Wildman–Crippen LogP) is 4.57. The standard InChI is InChI=1S/C28H31NO5/c1-19(2)27-25(34-18-23-17-31-12-13-32-23)15-26(30)29-11-10-21-14-22(8-9-24(21)28(27)29)33-16-20-6-4-3-5-7-20/h3-9,14-15,19,23H,10-13,16-18H2,1-2H3/t23-/m0/s1. The quantitative estimate of drug-likeness (QED) is 0.516. The minimum atomic E-state index is -0.121. The summed E-state index contributed by atoms with van der Waals surface area (Å²) in [7, 11) is 0. The van der Waals surface area contributed by atoms with Crippen LogP contribution in [-0.4, -0.2) is 37.1 Å². The lowest BCUT2D eigenvalue weighted by Gasteiger charge is -2.29. The number of benzene rings is 2. The summed E-state index contributed by atoms with van der Waals surface area (Å²) in [6.45, 7) is 7.50. The van der Waals surface area contributed by atoms with E-state index in [1.807, 2.05) is 28.8 Å². The zero-order valence-electron chi connectivity index (χ0n) is 19.8. The fraction of sp³-hybridized carbons (Fsp3) is 0.393. The molecular formula is C28H31NO5. The van der Waals surface area contributed by atoms with Crippen LogP contribution < -0.4 is 15.0 Å². The van der Waals surface area contributed by atoms with E-state index in [4.69, 9.17) is 18.9 Å². The molecule has 3 heterocycles. The summed E-state index contributed by atoms with van der Waals surface area (Å²) in [6, 6.07) is 18.0. The van der Waals surface area contributed by atoms with Gasteiger partial charge in [-0.15, -0.1) is 0 Å². The Morgan fingerprint density at radius 3 is 2.68 bits per heavy atom. The summed E-state index contributed by atoms with van der Waals surface area (Å²) in [6.07, 6.45) is 0.666. The van der Waals surface area contributed by atoms with Gasteiger partial charge in [-0.1, -0.05) is 44.2 Å². The number of hydrogen-bond acceptors (Lipinski definition) is 5. The first kappa shape index (κ1) is 22.7. The van der Waals surface area contributed by atoms with Crippen LogP contribution in [0.15, 0.2) is 59.4 Å². The molecular weight excluding hydrogens is 430 g/mol. The van der Waals surface area contributed by atoms with Crippen molar-refractivity contribution in [2.45, 2.75) is 45.4 Å². The summed E-state index contributed by atoms with van der Waals surface area (Å²) >= 11 is 0. The summed E-state index contributed by atoms with van der Waals surface area (Å²) in [5.41, 5.74) is 5.36. The van der Waals surface area contributed by atoms with Crippen LogP contribution in [0.4, 0.5) is 0 Å². The van der Waals surface area contributed by atoms with Gasteiger partial charge in [0.25, 0.3) is 5.56 Å². The lowest BCUT2D eigenvalue weighted by molar-refractivity contribution is -0.101. The normalized spacial score (nSPS) is 17.2. The van der Waals surface area contributed by atoms with Crippen LogP contribution in [0.5, 0.6) is 11.5 Å². The first-order valence-electron chi connectivity index (χ1n) is 12.0. The Bertz CT molecular complexity index is 1200. The molecule has 0 unspecified atom stereocenters. The summed E-state index contributed by atoms with van der Waals surface area (Å²) < 4.78 is 25.3. The maximum atomic E-state index is 13.0. The van der Waals surface area contributed by atoms with Gasteiger partial charge in [-0.25, -0.2) is 0 Å². The molecule has 0 spiro atoms. The van der Waals surface area contributed by atoms with Gasteiger partial charge >= 0.3 is 0 Å². The van der Waals surface area contributed by atoms with Crippen LogP contribution in [-0.2, 0) is 29.0 Å². The molecule has 0 saturated carbocycles. The van der Waals surface area contributed by atoms with E-state index in [-0.39, 0.29) is 17.6 Å². The minimum Gasteiger partial charge on any atom is -0.490 e. The highest BCUT2D eigenvalue weighted by molar-refractivity contribution is 5.72. The third-order valence-electron chi connectivity index (χ3n) is 6.38. The third kappa shape index (κ3) is 4.74. The maximum absolute atomic E-state index is 13.0. The molecule has 6 heteroatoms. The van der Waals surface area contributed by atoms with Gasteiger partial charge < -0.3 is 23.5 Å². The van der Waals surface area contributed by atoms with Crippen LogP contribution in [0.3, 0.4) is 0 Å². The van der Waals surface area contributed by atoms with Crippen molar-refractivity contribution in [1.82, 2.24) is 4.57 Å². The highest BCUT2D eigenvalue weighted by Crippen LogP contribution is 2.40. The minimum absolute atomic E-state index is 0.0368. The van der Waals surface area contributed by atoms with Crippen LogP contribution in [0.1, 0.15) is 36.5 Å². The first-order chi connectivity index (χ1) is 16.6. The van der Waals surface area contributed by atoms with Gasteiger partial charge in [0.05, 0.1) is 25.5 Å². The van der Waals surface area contributed by atoms with Gasteiger partial charge in [0.15, 0.2) is 0 Å². The van der Waals surface area contributed by atoms with Crippen LogP contribution in [0, 0.1) is 0 Å². The Morgan fingerprint density at radius 1 is 1.06 bits per heavy atom. The van der Waals surface area contributed by atoms with E-state index >= 15 is 0 Å². The molecule has 5 rings (SSSR count). The Labute approximate surface area is 200 Å². The van der Waals surface area contributed by atoms with Crippen molar-refractivity contribution < 1.29 is 18.9 Å². The number of hydrogen-bond donors (Lipinski definition) is 0. The second-order valence-electron chi connectivity index (χ2n) is 9.14. The topological polar surface area (TPSA) is 58.9 Å². The highest BCUT2D eigenvalue weighted by Gasteiger charge is 2.26. The van der Waals surface area contributed by atoms with Crippen molar-refractivity contribution in [2.75, 3.05) is 26.4 Å². The van der Waals surface area contributed by atoms with Crippen molar-refractivity contribution >= 4 is 0 Å². The monoisotopic (exact) mass is 461 g/mol. The number of aryl methyl sites for hydroxylation is 1. The predicted molar refractivity (Wildman–Crippen MR) is 131 cm³/mol. The molecule has 0 bridgehead atoms. The molecule has 0 aliphatic carbocycles. The van der Waals surface area contributed by atoms with Gasteiger partial charge in [-0.3, -0.25) is 4.79 Å². The van der Waals surface area contributed by atoms with Gasteiger partial charge in [-0.2, -0.15) is 0 Å². The number of aromatic nitrogens is 1. The number of ether oxygens (including phenoxy) is 4. The molecule has 2 aromatic carbocycles. The van der Waals surface area contributed by atoms with E-state index in [1.165, 1.54) is 5.56 Å². The van der Waals surface area contributed by atoms with Crippen molar-refractivity contribution in [3.8, 4) is 22.8 Å². The van der Waals surface area contributed by atoms with E-state index < -0.39 is 0 Å². The van der Waals surface area contributed by atoms with Crippen LogP contribution in [0.2, 0.25) is 0 Å². The number of fused-ring (bicyclic) bond motifs is 3. The van der Waals surface area contributed by atoms with Crippen molar-refractivity contribution in [3.63, 3.8) is 0 Å².